The molecule has 0 radical (unpaired) electrons. The average molecular weight is 246 g/mol. The number of nitrogens with zero attached hydrogens (tertiary/aromatic N) is 1. The molecule has 0 spiro atoms. The Kier molecular flexibility index (Phi) is 3.99. The summed E-state index contributed by atoms with van der Waals surface area (Å²) in [7, 11) is 0. The van der Waals surface area contributed by atoms with Crippen molar-refractivity contribution in [2.24, 2.45) is 11.7 Å². The van der Waals surface area contributed by atoms with Crippen LogP contribution in [0, 0.1) is 5.92 Å². The van der Waals surface area contributed by atoms with Crippen molar-refractivity contribution in [3.05, 3.63) is 42.2 Å². The van der Waals surface area contributed by atoms with Crippen LogP contribution in [0.5, 0.6) is 11.6 Å². The Hall–Kier alpha value is -1.81. The van der Waals surface area contributed by atoms with E-state index in [1.165, 1.54) is 0 Å². The largest absolute Gasteiger partial charge is 0.436 e. The van der Waals surface area contributed by atoms with Gasteiger partial charge in [0.2, 0.25) is 0 Å². The molecule has 1 heterocycles. The fourth-order valence-electron chi connectivity index (χ4n) is 1.73. The number of benzene rings is 1. The van der Waals surface area contributed by atoms with Gasteiger partial charge in [0.25, 0.3) is 5.88 Å². The van der Waals surface area contributed by atoms with Gasteiger partial charge in [-0.3, -0.25) is 0 Å². The van der Waals surface area contributed by atoms with Crippen LogP contribution in [0.4, 0.5) is 0 Å². The molecule has 4 heteroatoms. The molecule has 0 unspecified atom stereocenters. The van der Waals surface area contributed by atoms with Gasteiger partial charge in [-0.2, -0.15) is 0 Å². The van der Waals surface area contributed by atoms with E-state index in [1.54, 1.807) is 6.07 Å². The van der Waals surface area contributed by atoms with Gasteiger partial charge in [0.05, 0.1) is 6.04 Å². The highest BCUT2D eigenvalue weighted by Crippen LogP contribution is 2.25. The molecule has 0 saturated heterocycles. The minimum absolute atomic E-state index is 0.134. The van der Waals surface area contributed by atoms with E-state index in [1.807, 2.05) is 30.3 Å². The molecule has 96 valence electrons. The number of hydrogen-bond donors (Lipinski definition) is 1. The lowest BCUT2D eigenvalue weighted by Crippen LogP contribution is -2.11. The third kappa shape index (κ3) is 3.34. The smallest absolute Gasteiger partial charge is 0.259 e. The standard InChI is InChI=1S/C14H18N2O2/c1-10(2)8-12(15)13-9-14(16-18-13)17-11-6-4-3-5-7-11/h3-7,9-10,12H,8,15H2,1-2H3/t12-/m0/s1. The van der Waals surface area contributed by atoms with Gasteiger partial charge in [-0.15, -0.1) is 0 Å². The van der Waals surface area contributed by atoms with E-state index in [-0.39, 0.29) is 6.04 Å². The van der Waals surface area contributed by atoms with Gasteiger partial charge >= 0.3 is 0 Å². The molecule has 2 aromatic rings. The molecule has 0 aliphatic carbocycles. The van der Waals surface area contributed by atoms with Crippen molar-refractivity contribution in [2.45, 2.75) is 26.3 Å². The molecular weight excluding hydrogens is 228 g/mol. The molecule has 1 atom stereocenters. The zero-order valence-corrected chi connectivity index (χ0v) is 10.7. The van der Waals surface area contributed by atoms with Gasteiger partial charge in [-0.1, -0.05) is 32.0 Å². The molecule has 0 fully saturated rings. The molecular formula is C14H18N2O2. The maximum Gasteiger partial charge on any atom is 0.259 e. The Morgan fingerprint density at radius 3 is 2.67 bits per heavy atom. The highest BCUT2D eigenvalue weighted by molar-refractivity contribution is 5.26. The van der Waals surface area contributed by atoms with E-state index in [0.29, 0.717) is 17.6 Å². The molecule has 1 aromatic heterocycles. The first-order chi connectivity index (χ1) is 8.65. The molecule has 0 aliphatic heterocycles. The van der Waals surface area contributed by atoms with Gasteiger partial charge in [0.15, 0.2) is 5.76 Å². The molecule has 0 amide bonds. The van der Waals surface area contributed by atoms with Crippen LogP contribution in [0.2, 0.25) is 0 Å². The van der Waals surface area contributed by atoms with Crippen LogP contribution >= 0.6 is 0 Å². The SMILES string of the molecule is CC(C)C[C@H](N)c1cc(Oc2ccccc2)no1. The summed E-state index contributed by atoms with van der Waals surface area (Å²) in [4.78, 5) is 0. The monoisotopic (exact) mass is 246 g/mol. The molecule has 18 heavy (non-hydrogen) atoms. The van der Waals surface area contributed by atoms with E-state index < -0.39 is 0 Å². The summed E-state index contributed by atoms with van der Waals surface area (Å²) in [5.41, 5.74) is 6.01. The van der Waals surface area contributed by atoms with Crippen molar-refractivity contribution in [1.29, 1.82) is 0 Å². The summed E-state index contributed by atoms with van der Waals surface area (Å²) in [6.45, 7) is 4.25. The second-order valence-electron chi connectivity index (χ2n) is 4.72. The van der Waals surface area contributed by atoms with E-state index >= 15 is 0 Å². The Morgan fingerprint density at radius 1 is 1.28 bits per heavy atom. The van der Waals surface area contributed by atoms with Crippen LogP contribution in [0.25, 0.3) is 0 Å². The van der Waals surface area contributed by atoms with E-state index in [2.05, 4.69) is 19.0 Å². The fraction of sp³-hybridized carbons (Fsp3) is 0.357. The van der Waals surface area contributed by atoms with E-state index in [9.17, 15) is 0 Å². The molecule has 0 aliphatic rings. The summed E-state index contributed by atoms with van der Waals surface area (Å²) in [6.07, 6.45) is 0.861. The van der Waals surface area contributed by atoms with Crippen molar-refractivity contribution in [3.8, 4) is 11.6 Å². The zero-order chi connectivity index (χ0) is 13.0. The summed E-state index contributed by atoms with van der Waals surface area (Å²) < 4.78 is 10.8. The summed E-state index contributed by atoms with van der Waals surface area (Å²) >= 11 is 0. The van der Waals surface area contributed by atoms with Gasteiger partial charge < -0.3 is 15.0 Å². The van der Waals surface area contributed by atoms with Gasteiger partial charge in [-0.25, -0.2) is 0 Å². The van der Waals surface area contributed by atoms with Crippen LogP contribution < -0.4 is 10.5 Å². The number of nitrogens with two attached hydrogens (primary N) is 1. The topological polar surface area (TPSA) is 61.3 Å². The lowest BCUT2D eigenvalue weighted by atomic mass is 10.0. The second kappa shape index (κ2) is 5.69. The predicted molar refractivity (Wildman–Crippen MR) is 69.4 cm³/mol. The van der Waals surface area contributed by atoms with Gasteiger partial charge in [0, 0.05) is 6.07 Å². The van der Waals surface area contributed by atoms with Crippen molar-refractivity contribution in [1.82, 2.24) is 5.16 Å². The molecule has 4 nitrogen and oxygen atoms in total. The summed E-state index contributed by atoms with van der Waals surface area (Å²) in [5.74, 6) is 2.35. The molecule has 2 N–H and O–H groups in total. The quantitative estimate of drug-likeness (QED) is 0.876. The zero-order valence-electron chi connectivity index (χ0n) is 10.7. The average Bonchev–Trinajstić information content (AvgIpc) is 2.78. The maximum atomic E-state index is 6.01. The summed E-state index contributed by atoms with van der Waals surface area (Å²) in [5, 5.41) is 3.86. The first-order valence-electron chi connectivity index (χ1n) is 6.10. The minimum Gasteiger partial charge on any atom is -0.436 e. The molecule has 1 aromatic carbocycles. The van der Waals surface area contributed by atoms with Crippen LogP contribution in [-0.2, 0) is 0 Å². The second-order valence-corrected chi connectivity index (χ2v) is 4.72. The maximum absolute atomic E-state index is 6.01. The van der Waals surface area contributed by atoms with Gasteiger partial charge in [0.1, 0.15) is 5.75 Å². The highest BCUT2D eigenvalue weighted by atomic mass is 16.5. The van der Waals surface area contributed by atoms with Crippen molar-refractivity contribution in [3.63, 3.8) is 0 Å². The van der Waals surface area contributed by atoms with Crippen LogP contribution in [0.15, 0.2) is 40.9 Å². The number of hydrogen-bond acceptors (Lipinski definition) is 4. The third-order valence-corrected chi connectivity index (χ3v) is 2.56. The van der Waals surface area contributed by atoms with Crippen molar-refractivity contribution in [2.75, 3.05) is 0 Å². The first-order valence-corrected chi connectivity index (χ1v) is 6.10. The van der Waals surface area contributed by atoms with Crippen LogP contribution in [0.3, 0.4) is 0 Å². The Labute approximate surface area is 107 Å². The van der Waals surface area contributed by atoms with Crippen molar-refractivity contribution >= 4 is 0 Å². The van der Waals surface area contributed by atoms with Crippen LogP contribution in [-0.4, -0.2) is 5.16 Å². The van der Waals surface area contributed by atoms with E-state index in [0.717, 1.165) is 12.2 Å². The number of aromatic nitrogens is 1. The molecule has 2 rings (SSSR count). The lowest BCUT2D eigenvalue weighted by Gasteiger charge is -2.09. The van der Waals surface area contributed by atoms with Crippen molar-refractivity contribution < 1.29 is 9.26 Å². The number of para-hydroxylation sites is 1. The number of rotatable bonds is 5. The Bertz CT molecular complexity index is 480. The Morgan fingerprint density at radius 2 is 2.00 bits per heavy atom. The number of ether oxygens (including phenoxy) is 1. The predicted octanol–water partition coefficient (Wildman–Crippen LogP) is 3.51. The van der Waals surface area contributed by atoms with E-state index in [4.69, 9.17) is 15.0 Å². The minimum atomic E-state index is -0.134. The highest BCUT2D eigenvalue weighted by Gasteiger charge is 2.15. The Balaban J connectivity index is 2.02. The lowest BCUT2D eigenvalue weighted by molar-refractivity contribution is 0.322. The summed E-state index contributed by atoms with van der Waals surface area (Å²) in [6, 6.07) is 11.1. The normalized spacial score (nSPS) is 12.7. The molecule has 0 bridgehead atoms. The van der Waals surface area contributed by atoms with Gasteiger partial charge in [-0.05, 0) is 29.6 Å². The molecule has 0 saturated carbocycles. The third-order valence-electron chi connectivity index (χ3n) is 2.56. The fourth-order valence-corrected chi connectivity index (χ4v) is 1.73. The van der Waals surface area contributed by atoms with Crippen LogP contribution in [0.1, 0.15) is 32.1 Å². The first kappa shape index (κ1) is 12.6.